The Hall–Kier alpha value is -0.980. The van der Waals surface area contributed by atoms with E-state index in [2.05, 4.69) is 16.7 Å². The zero-order chi connectivity index (χ0) is 9.61. The Labute approximate surface area is 71.3 Å². The lowest BCUT2D eigenvalue weighted by molar-refractivity contribution is 0.601. The number of hydrazine groups is 1. The molecule has 1 heterocycles. The minimum Gasteiger partial charge on any atom is -0.274 e. The largest absolute Gasteiger partial charge is 0.274 e. The summed E-state index contributed by atoms with van der Waals surface area (Å²) in [5, 5.41) is 0. The third-order valence-corrected chi connectivity index (χ3v) is 2.16. The lowest BCUT2D eigenvalue weighted by Crippen LogP contribution is -2.02. The molecule has 12 heavy (non-hydrogen) atoms. The maximum atomic E-state index is 10.8. The van der Waals surface area contributed by atoms with Crippen LogP contribution in [-0.2, 0) is 9.84 Å². The fraction of sp³-hybridized carbons (Fsp3) is 0.167. The maximum Gasteiger partial charge on any atom is 0.177 e. The van der Waals surface area contributed by atoms with Gasteiger partial charge in [-0.25, -0.2) is 8.42 Å². The summed E-state index contributed by atoms with van der Waals surface area (Å²) < 4.78 is 21.6. The summed E-state index contributed by atoms with van der Waals surface area (Å²) in [5.41, 5.74) is 0. The smallest absolute Gasteiger partial charge is 0.177 e. The molecule has 1 aromatic rings. The van der Waals surface area contributed by atoms with Crippen LogP contribution in [0.25, 0.3) is 0 Å². The van der Waals surface area contributed by atoms with Gasteiger partial charge in [-0.1, -0.05) is 0 Å². The van der Waals surface area contributed by atoms with Gasteiger partial charge in [0.1, 0.15) is 0 Å². The zero-order valence-electron chi connectivity index (χ0n) is 6.64. The Morgan fingerprint density at radius 3 is 2.25 bits per heavy atom. The monoisotopic (exact) mass is 189 g/mol. The molecule has 0 fully saturated rings. The van der Waals surface area contributed by atoms with Crippen LogP contribution in [-0.4, -0.2) is 19.7 Å². The summed E-state index contributed by atoms with van der Waals surface area (Å²) in [5.74, 6) is 8.00. The molecule has 68 valence electrons. The number of sulfone groups is 1. The van der Waals surface area contributed by atoms with Crippen LogP contribution in [0, 0.1) is 0 Å². The first kappa shape index (κ1) is 11.0. The molecule has 0 bridgehead atoms. The summed E-state index contributed by atoms with van der Waals surface area (Å²) in [7, 11) is -3.07. The highest BCUT2D eigenvalue weighted by molar-refractivity contribution is 7.90. The van der Waals surface area contributed by atoms with E-state index in [9.17, 15) is 8.42 Å². The van der Waals surface area contributed by atoms with Gasteiger partial charge in [-0.3, -0.25) is 16.7 Å². The lowest BCUT2D eigenvalue weighted by Gasteiger charge is -1.92. The third kappa shape index (κ3) is 3.42. The van der Waals surface area contributed by atoms with Gasteiger partial charge in [0.15, 0.2) is 9.84 Å². The van der Waals surface area contributed by atoms with Crippen molar-refractivity contribution < 1.29 is 8.42 Å². The van der Waals surface area contributed by atoms with Crippen LogP contribution in [0.1, 0.15) is 0 Å². The number of hydrogen-bond donors (Lipinski definition) is 2. The van der Waals surface area contributed by atoms with Crippen molar-refractivity contribution in [3.8, 4) is 0 Å². The van der Waals surface area contributed by atoms with Gasteiger partial charge in [0.2, 0.25) is 0 Å². The van der Waals surface area contributed by atoms with E-state index < -0.39 is 9.84 Å². The van der Waals surface area contributed by atoms with Crippen LogP contribution >= 0.6 is 0 Å². The first-order chi connectivity index (χ1) is 5.61. The first-order valence-corrected chi connectivity index (χ1v) is 4.93. The topological polar surface area (TPSA) is 99.1 Å². The molecule has 1 aromatic heterocycles. The number of pyridine rings is 1. The predicted octanol–water partition coefficient (Wildman–Crippen LogP) is -0.696. The fourth-order valence-corrected chi connectivity index (χ4v) is 1.14. The third-order valence-electron chi connectivity index (χ3n) is 1.06. The van der Waals surface area contributed by atoms with E-state index in [1.54, 1.807) is 6.07 Å². The predicted molar refractivity (Wildman–Crippen MR) is 45.7 cm³/mol. The van der Waals surface area contributed by atoms with E-state index in [4.69, 9.17) is 0 Å². The summed E-state index contributed by atoms with van der Waals surface area (Å²) in [6, 6.07) is 3.11. The average Bonchev–Trinajstić information content (AvgIpc) is 2.08. The van der Waals surface area contributed by atoms with Crippen molar-refractivity contribution in [3.63, 3.8) is 0 Å². The Morgan fingerprint density at radius 1 is 1.42 bits per heavy atom. The highest BCUT2D eigenvalue weighted by atomic mass is 32.2. The maximum absolute atomic E-state index is 10.8. The van der Waals surface area contributed by atoms with Crippen LogP contribution in [0.4, 0.5) is 0 Å². The highest BCUT2D eigenvalue weighted by Gasteiger charge is 2.03. The molecule has 5 nitrogen and oxygen atoms in total. The van der Waals surface area contributed by atoms with Crippen LogP contribution in [0.15, 0.2) is 29.4 Å². The summed E-state index contributed by atoms with van der Waals surface area (Å²) in [6.07, 6.45) is 4.02. The van der Waals surface area contributed by atoms with E-state index in [0.29, 0.717) is 0 Å². The number of nitrogens with zero attached hydrogens (tertiary/aromatic N) is 1. The van der Waals surface area contributed by atoms with Gasteiger partial charge >= 0.3 is 0 Å². The van der Waals surface area contributed by atoms with Gasteiger partial charge in [0, 0.05) is 18.6 Å². The van der Waals surface area contributed by atoms with Gasteiger partial charge in [-0.2, -0.15) is 0 Å². The van der Waals surface area contributed by atoms with Gasteiger partial charge in [-0.15, -0.1) is 0 Å². The molecule has 0 saturated heterocycles. The zero-order valence-corrected chi connectivity index (χ0v) is 7.45. The summed E-state index contributed by atoms with van der Waals surface area (Å²) in [6.45, 7) is 0. The van der Waals surface area contributed by atoms with Gasteiger partial charge in [0.25, 0.3) is 0 Å². The molecule has 0 unspecified atom stereocenters. The van der Waals surface area contributed by atoms with E-state index in [-0.39, 0.29) is 4.90 Å². The number of hydrogen-bond acceptors (Lipinski definition) is 5. The molecule has 1 rings (SSSR count). The molecule has 0 saturated carbocycles. The lowest BCUT2D eigenvalue weighted by atomic mass is 10.5. The number of rotatable bonds is 1. The molecule has 0 aliphatic heterocycles. The second-order valence-electron chi connectivity index (χ2n) is 1.96. The molecule has 0 spiro atoms. The SMILES string of the molecule is CS(=O)(=O)c1cccnc1.NN. The number of aromatic nitrogens is 1. The van der Waals surface area contributed by atoms with Gasteiger partial charge < -0.3 is 0 Å². The van der Waals surface area contributed by atoms with Crippen molar-refractivity contribution in [1.29, 1.82) is 0 Å². The highest BCUT2D eigenvalue weighted by Crippen LogP contribution is 2.03. The first-order valence-electron chi connectivity index (χ1n) is 3.04. The number of nitrogens with two attached hydrogens (primary N) is 2. The van der Waals surface area contributed by atoms with Crippen molar-refractivity contribution in [2.75, 3.05) is 6.26 Å². The van der Waals surface area contributed by atoms with Crippen LogP contribution < -0.4 is 11.7 Å². The van der Waals surface area contributed by atoms with Gasteiger partial charge in [-0.05, 0) is 12.1 Å². The Morgan fingerprint density at radius 2 is 2.00 bits per heavy atom. The quantitative estimate of drug-likeness (QED) is 0.449. The molecule has 6 heteroatoms. The van der Waals surface area contributed by atoms with Crippen LogP contribution in [0.2, 0.25) is 0 Å². The molecular formula is C6H11N3O2S. The molecule has 0 radical (unpaired) electrons. The Kier molecular flexibility index (Phi) is 4.42. The van der Waals surface area contributed by atoms with Crippen molar-refractivity contribution in [2.24, 2.45) is 11.7 Å². The van der Waals surface area contributed by atoms with Crippen molar-refractivity contribution >= 4 is 9.84 Å². The van der Waals surface area contributed by atoms with Gasteiger partial charge in [0.05, 0.1) is 4.90 Å². The Bertz CT molecular complexity index is 309. The average molecular weight is 189 g/mol. The van der Waals surface area contributed by atoms with E-state index >= 15 is 0 Å². The molecule has 0 atom stereocenters. The van der Waals surface area contributed by atoms with E-state index in [1.165, 1.54) is 18.5 Å². The van der Waals surface area contributed by atoms with E-state index in [1.807, 2.05) is 0 Å². The second-order valence-corrected chi connectivity index (χ2v) is 3.98. The van der Waals surface area contributed by atoms with Crippen molar-refractivity contribution in [3.05, 3.63) is 24.5 Å². The second kappa shape index (κ2) is 4.81. The molecule has 0 aliphatic rings. The van der Waals surface area contributed by atoms with Crippen LogP contribution in [0.5, 0.6) is 0 Å². The molecule has 0 aliphatic carbocycles. The van der Waals surface area contributed by atoms with Crippen molar-refractivity contribution in [2.45, 2.75) is 4.90 Å². The molecule has 0 amide bonds. The van der Waals surface area contributed by atoms with Crippen LogP contribution in [0.3, 0.4) is 0 Å². The Balaban J connectivity index is 0.000000561. The standard InChI is InChI=1S/C6H7NO2S.H4N2/c1-10(8,9)6-3-2-4-7-5-6;1-2/h2-5H,1H3;1-2H2. The normalized spacial score (nSPS) is 9.92. The summed E-state index contributed by atoms with van der Waals surface area (Å²) >= 11 is 0. The molecule has 0 aromatic carbocycles. The van der Waals surface area contributed by atoms with Crippen molar-refractivity contribution in [1.82, 2.24) is 4.98 Å². The summed E-state index contributed by atoms with van der Waals surface area (Å²) in [4.78, 5) is 3.93. The molecular weight excluding hydrogens is 178 g/mol. The molecule has 4 N–H and O–H groups in total. The van der Waals surface area contributed by atoms with E-state index in [0.717, 1.165) is 6.26 Å². The fourth-order valence-electron chi connectivity index (χ4n) is 0.566. The minimum atomic E-state index is -3.07. The minimum absolute atomic E-state index is 0.259.